The van der Waals surface area contributed by atoms with Crippen molar-refractivity contribution in [2.24, 2.45) is 5.73 Å². The fourth-order valence-corrected chi connectivity index (χ4v) is 3.23. The van der Waals surface area contributed by atoms with Gasteiger partial charge in [0.05, 0.1) is 17.7 Å². The zero-order chi connectivity index (χ0) is 14.5. The number of hydrogen-bond acceptors (Lipinski definition) is 3. The van der Waals surface area contributed by atoms with Gasteiger partial charge in [0, 0.05) is 12.0 Å². The van der Waals surface area contributed by atoms with Crippen LogP contribution in [0.2, 0.25) is 0 Å². The van der Waals surface area contributed by atoms with E-state index in [1.807, 2.05) is 0 Å². The van der Waals surface area contributed by atoms with Crippen molar-refractivity contribution in [2.45, 2.75) is 45.4 Å². The van der Waals surface area contributed by atoms with Crippen molar-refractivity contribution in [3.63, 3.8) is 0 Å². The quantitative estimate of drug-likeness (QED) is 0.822. The van der Waals surface area contributed by atoms with Crippen LogP contribution in [0.3, 0.4) is 0 Å². The number of nitrogens with two attached hydrogens (primary N) is 1. The Morgan fingerprint density at radius 2 is 1.90 bits per heavy atom. The van der Waals surface area contributed by atoms with Crippen LogP contribution >= 0.6 is 15.9 Å². The fraction of sp³-hybridized carbons (Fsp3) is 0.625. The number of ether oxygens (including phenoxy) is 2. The summed E-state index contributed by atoms with van der Waals surface area (Å²) in [5.74, 6) is 2.23. The molecule has 2 N–H and O–H groups in total. The molecule has 0 unspecified atom stereocenters. The SMILES string of the molecule is CC(C)c1c(CCCCN)cc(Br)c2c1OCCCO2. The molecule has 4 heteroatoms. The molecular weight excluding hydrogens is 318 g/mol. The molecule has 1 aromatic rings. The Bertz CT molecular complexity index is 460. The van der Waals surface area contributed by atoms with Crippen LogP contribution in [0.1, 0.15) is 50.2 Å². The number of unbranched alkanes of at least 4 members (excludes halogenated alkanes) is 1. The van der Waals surface area contributed by atoms with Crippen molar-refractivity contribution in [1.29, 1.82) is 0 Å². The van der Waals surface area contributed by atoms with Gasteiger partial charge in [-0.1, -0.05) is 13.8 Å². The topological polar surface area (TPSA) is 44.5 Å². The van der Waals surface area contributed by atoms with Crippen LogP contribution in [-0.4, -0.2) is 19.8 Å². The highest BCUT2D eigenvalue weighted by Crippen LogP contribution is 2.45. The maximum Gasteiger partial charge on any atom is 0.175 e. The number of halogens is 1. The van der Waals surface area contributed by atoms with E-state index >= 15 is 0 Å². The molecule has 0 atom stereocenters. The lowest BCUT2D eigenvalue weighted by Crippen LogP contribution is -2.05. The molecule has 2 rings (SSSR count). The summed E-state index contributed by atoms with van der Waals surface area (Å²) in [6.45, 7) is 6.62. The standard InChI is InChI=1S/C16H24BrNO2/c1-11(2)14-12(6-3-4-7-18)10-13(17)15-16(14)20-9-5-8-19-15/h10-11H,3-9,18H2,1-2H3. The van der Waals surface area contributed by atoms with Gasteiger partial charge >= 0.3 is 0 Å². The number of benzene rings is 1. The minimum Gasteiger partial charge on any atom is -0.489 e. The zero-order valence-corrected chi connectivity index (χ0v) is 14.0. The lowest BCUT2D eigenvalue weighted by molar-refractivity contribution is 0.295. The van der Waals surface area contributed by atoms with Gasteiger partial charge in [-0.15, -0.1) is 0 Å². The van der Waals surface area contributed by atoms with E-state index in [9.17, 15) is 0 Å². The third kappa shape index (κ3) is 3.47. The van der Waals surface area contributed by atoms with Crippen LogP contribution in [0.15, 0.2) is 10.5 Å². The summed E-state index contributed by atoms with van der Waals surface area (Å²) < 4.78 is 12.8. The number of hydrogen-bond donors (Lipinski definition) is 1. The highest BCUT2D eigenvalue weighted by molar-refractivity contribution is 9.10. The monoisotopic (exact) mass is 341 g/mol. The Kier molecular flexibility index (Phi) is 5.73. The van der Waals surface area contributed by atoms with E-state index in [1.165, 1.54) is 11.1 Å². The number of aryl methyl sites for hydroxylation is 1. The molecule has 0 aliphatic carbocycles. The van der Waals surface area contributed by atoms with E-state index in [2.05, 4.69) is 35.8 Å². The molecule has 0 fully saturated rings. The lowest BCUT2D eigenvalue weighted by Gasteiger charge is -2.20. The second-order valence-corrected chi connectivity index (χ2v) is 6.39. The molecule has 0 spiro atoms. The normalized spacial score (nSPS) is 14.4. The van der Waals surface area contributed by atoms with E-state index in [0.29, 0.717) is 5.92 Å². The third-order valence-electron chi connectivity index (χ3n) is 3.57. The van der Waals surface area contributed by atoms with Crippen molar-refractivity contribution in [2.75, 3.05) is 19.8 Å². The second kappa shape index (κ2) is 7.32. The highest BCUT2D eigenvalue weighted by Gasteiger charge is 2.23. The first-order valence-electron chi connectivity index (χ1n) is 7.46. The van der Waals surface area contributed by atoms with Crippen LogP contribution in [0.4, 0.5) is 0 Å². The first kappa shape index (κ1) is 15.6. The molecule has 1 heterocycles. The Labute approximate surface area is 130 Å². The summed E-state index contributed by atoms with van der Waals surface area (Å²) in [6.07, 6.45) is 4.15. The average molecular weight is 342 g/mol. The molecule has 0 amide bonds. The van der Waals surface area contributed by atoms with Gasteiger partial charge in [0.2, 0.25) is 0 Å². The molecule has 0 aromatic heterocycles. The van der Waals surface area contributed by atoms with Crippen LogP contribution < -0.4 is 15.2 Å². The number of rotatable bonds is 5. The Morgan fingerprint density at radius 1 is 1.20 bits per heavy atom. The molecule has 0 saturated heterocycles. The molecule has 3 nitrogen and oxygen atoms in total. The lowest BCUT2D eigenvalue weighted by atomic mass is 9.92. The van der Waals surface area contributed by atoms with E-state index in [-0.39, 0.29) is 0 Å². The largest absolute Gasteiger partial charge is 0.489 e. The summed E-state index contributed by atoms with van der Waals surface area (Å²) in [7, 11) is 0. The predicted octanol–water partition coefficient (Wildman–Crippen LogP) is 4.02. The van der Waals surface area contributed by atoms with Crippen LogP contribution in [-0.2, 0) is 6.42 Å². The van der Waals surface area contributed by atoms with Crippen molar-refractivity contribution in [1.82, 2.24) is 0 Å². The van der Waals surface area contributed by atoms with E-state index in [0.717, 1.165) is 61.4 Å². The van der Waals surface area contributed by atoms with Gasteiger partial charge in [-0.3, -0.25) is 0 Å². The molecule has 1 aliphatic heterocycles. The van der Waals surface area contributed by atoms with Crippen molar-refractivity contribution < 1.29 is 9.47 Å². The second-order valence-electron chi connectivity index (χ2n) is 5.54. The fourth-order valence-electron chi connectivity index (χ4n) is 2.66. The van der Waals surface area contributed by atoms with Gasteiger partial charge in [-0.25, -0.2) is 0 Å². The highest BCUT2D eigenvalue weighted by atomic mass is 79.9. The van der Waals surface area contributed by atoms with Gasteiger partial charge in [0.25, 0.3) is 0 Å². The average Bonchev–Trinajstić information content (AvgIpc) is 2.64. The first-order valence-corrected chi connectivity index (χ1v) is 8.25. The van der Waals surface area contributed by atoms with Gasteiger partial charge < -0.3 is 15.2 Å². The maximum absolute atomic E-state index is 5.99. The molecule has 0 saturated carbocycles. The minimum absolute atomic E-state index is 0.423. The van der Waals surface area contributed by atoms with E-state index in [1.54, 1.807) is 0 Å². The van der Waals surface area contributed by atoms with Gasteiger partial charge in [-0.2, -0.15) is 0 Å². The molecule has 112 valence electrons. The Morgan fingerprint density at radius 3 is 2.55 bits per heavy atom. The van der Waals surface area contributed by atoms with Crippen LogP contribution in [0.5, 0.6) is 11.5 Å². The van der Waals surface area contributed by atoms with Crippen molar-refractivity contribution in [3.8, 4) is 11.5 Å². The first-order chi connectivity index (χ1) is 9.65. The van der Waals surface area contributed by atoms with Crippen LogP contribution in [0, 0.1) is 0 Å². The summed E-state index contributed by atoms with van der Waals surface area (Å²) in [6, 6.07) is 2.19. The van der Waals surface area contributed by atoms with Crippen LogP contribution in [0.25, 0.3) is 0 Å². The van der Waals surface area contributed by atoms with Crippen molar-refractivity contribution >= 4 is 15.9 Å². The van der Waals surface area contributed by atoms with E-state index in [4.69, 9.17) is 15.2 Å². The predicted molar refractivity (Wildman–Crippen MR) is 85.8 cm³/mol. The van der Waals surface area contributed by atoms with Gasteiger partial charge in [0.1, 0.15) is 0 Å². The van der Waals surface area contributed by atoms with E-state index < -0.39 is 0 Å². The van der Waals surface area contributed by atoms with Gasteiger partial charge in [0.15, 0.2) is 11.5 Å². The molecule has 1 aliphatic rings. The summed E-state index contributed by atoms with van der Waals surface area (Å²) in [4.78, 5) is 0. The Balaban J connectivity index is 2.41. The summed E-state index contributed by atoms with van der Waals surface area (Å²) in [5.41, 5.74) is 8.24. The number of fused-ring (bicyclic) bond motifs is 1. The molecule has 0 radical (unpaired) electrons. The van der Waals surface area contributed by atoms with Gasteiger partial charge in [-0.05, 0) is 59.3 Å². The summed E-state index contributed by atoms with van der Waals surface area (Å²) >= 11 is 3.63. The van der Waals surface area contributed by atoms with Crippen molar-refractivity contribution in [3.05, 3.63) is 21.7 Å². The smallest absolute Gasteiger partial charge is 0.175 e. The molecule has 20 heavy (non-hydrogen) atoms. The third-order valence-corrected chi connectivity index (χ3v) is 4.16. The summed E-state index contributed by atoms with van der Waals surface area (Å²) in [5, 5.41) is 0. The minimum atomic E-state index is 0.423. The molecule has 1 aromatic carbocycles. The Hall–Kier alpha value is -0.740. The maximum atomic E-state index is 5.99. The zero-order valence-electron chi connectivity index (χ0n) is 12.4. The molecular formula is C16H24BrNO2. The molecule has 0 bridgehead atoms.